The zero-order valence-electron chi connectivity index (χ0n) is 18.9. The van der Waals surface area contributed by atoms with Gasteiger partial charge in [-0.05, 0) is 49.9 Å². The largest absolute Gasteiger partial charge is 0.416 e. The van der Waals surface area contributed by atoms with E-state index in [1.54, 1.807) is 19.9 Å². The summed E-state index contributed by atoms with van der Waals surface area (Å²) in [5.41, 5.74) is 0.998. The Labute approximate surface area is 192 Å². The topological polar surface area (TPSA) is 53.6 Å². The molecule has 0 bridgehead atoms. The van der Waals surface area contributed by atoms with Gasteiger partial charge in [-0.3, -0.25) is 0 Å². The number of nitrogens with zero attached hydrogens (tertiary/aromatic N) is 1. The van der Waals surface area contributed by atoms with Crippen LogP contribution in [0.3, 0.4) is 0 Å². The maximum absolute atomic E-state index is 13.3. The molecule has 178 valence electrons. The van der Waals surface area contributed by atoms with E-state index in [9.17, 15) is 18.0 Å². The summed E-state index contributed by atoms with van der Waals surface area (Å²) in [6, 6.07) is 14.1. The number of aryl methyl sites for hydroxylation is 1. The molecular weight excluding hydrogens is 431 g/mol. The van der Waals surface area contributed by atoms with E-state index in [1.165, 1.54) is 6.07 Å². The molecule has 5 nitrogen and oxygen atoms in total. The second-order valence-electron chi connectivity index (χ2n) is 9.03. The second kappa shape index (κ2) is 9.35. The average Bonchev–Trinajstić information content (AvgIpc) is 3.23. The van der Waals surface area contributed by atoms with Gasteiger partial charge in [0.15, 0.2) is 0 Å². The van der Waals surface area contributed by atoms with Crippen LogP contribution in [0.5, 0.6) is 0 Å². The van der Waals surface area contributed by atoms with Gasteiger partial charge in [0.1, 0.15) is 0 Å². The molecule has 0 spiro atoms. The predicted octanol–water partition coefficient (Wildman–Crippen LogP) is 4.76. The molecule has 2 heterocycles. The molecule has 2 aromatic rings. The number of amides is 2. The van der Waals surface area contributed by atoms with Gasteiger partial charge >= 0.3 is 12.2 Å². The van der Waals surface area contributed by atoms with Crippen LogP contribution >= 0.6 is 0 Å². The normalized spacial score (nSPS) is 24.6. The lowest BCUT2D eigenvalue weighted by Gasteiger charge is -2.44. The smallest absolute Gasteiger partial charge is 0.372 e. The van der Waals surface area contributed by atoms with Crippen LogP contribution in [-0.2, 0) is 16.5 Å². The first-order valence-corrected chi connectivity index (χ1v) is 11.3. The fourth-order valence-electron chi connectivity index (χ4n) is 4.80. The Balaban J connectivity index is 1.51. The number of halogens is 3. The fourth-order valence-corrected chi connectivity index (χ4v) is 4.80. The molecule has 2 aliphatic heterocycles. The van der Waals surface area contributed by atoms with Gasteiger partial charge in [-0.2, -0.15) is 13.2 Å². The summed E-state index contributed by atoms with van der Waals surface area (Å²) in [5, 5.41) is 6.48. The zero-order valence-corrected chi connectivity index (χ0v) is 18.9. The van der Waals surface area contributed by atoms with Crippen molar-refractivity contribution in [2.75, 3.05) is 26.2 Å². The number of ether oxygens (including phenoxy) is 1. The molecule has 1 unspecified atom stereocenters. The van der Waals surface area contributed by atoms with E-state index in [0.717, 1.165) is 24.5 Å². The molecule has 2 fully saturated rings. The molecule has 2 N–H and O–H groups in total. The minimum atomic E-state index is -4.40. The number of rotatable bonds is 6. The van der Waals surface area contributed by atoms with Crippen molar-refractivity contribution < 1.29 is 22.7 Å². The van der Waals surface area contributed by atoms with Crippen LogP contribution in [0.4, 0.5) is 18.0 Å². The maximum Gasteiger partial charge on any atom is 0.416 e. The van der Waals surface area contributed by atoms with Gasteiger partial charge in [0.2, 0.25) is 0 Å². The van der Waals surface area contributed by atoms with Crippen LogP contribution in [0.1, 0.15) is 48.1 Å². The summed E-state index contributed by atoms with van der Waals surface area (Å²) in [5.74, 6) is 0. The number of hydrogen-bond donors (Lipinski definition) is 2. The summed E-state index contributed by atoms with van der Waals surface area (Å²) in [6.07, 6.45) is -3.33. The Bertz CT molecular complexity index is 973. The highest BCUT2D eigenvalue weighted by molar-refractivity contribution is 5.76. The number of alkyl halides is 3. The second-order valence-corrected chi connectivity index (χ2v) is 9.03. The third kappa shape index (κ3) is 5.17. The Kier molecular flexibility index (Phi) is 6.68. The van der Waals surface area contributed by atoms with Crippen LogP contribution in [-0.4, -0.2) is 43.2 Å². The van der Waals surface area contributed by atoms with Gasteiger partial charge in [0, 0.05) is 25.7 Å². The monoisotopic (exact) mass is 461 g/mol. The minimum Gasteiger partial charge on any atom is -0.372 e. The van der Waals surface area contributed by atoms with Crippen LogP contribution in [0.25, 0.3) is 0 Å². The van der Waals surface area contributed by atoms with Crippen molar-refractivity contribution in [2.24, 2.45) is 0 Å². The molecule has 4 rings (SSSR count). The standard InChI is InChI=1S/C25H30F3N3O2/c1-17-12-19(14-21(13-17)25(26,27)28)18(2)33-16-24(20-6-4-3-5-7-20)9-8-22(15-30-24)31-11-10-29-23(31)32/h3-7,12-14,18,22,30H,8-11,15-16H2,1-2H3,(H,29,32)/t18-,22+,24?/m1/s1. The third-order valence-electron chi connectivity index (χ3n) is 6.71. The van der Waals surface area contributed by atoms with Gasteiger partial charge in [-0.1, -0.05) is 42.0 Å². The van der Waals surface area contributed by atoms with E-state index in [4.69, 9.17) is 4.74 Å². The molecule has 2 aliphatic rings. The van der Waals surface area contributed by atoms with Crippen molar-refractivity contribution in [3.05, 3.63) is 70.8 Å². The molecule has 2 aromatic carbocycles. The quantitative estimate of drug-likeness (QED) is 0.652. The zero-order chi connectivity index (χ0) is 23.6. The maximum atomic E-state index is 13.3. The molecule has 3 atom stereocenters. The average molecular weight is 462 g/mol. The van der Waals surface area contributed by atoms with E-state index >= 15 is 0 Å². The van der Waals surface area contributed by atoms with Gasteiger partial charge in [0.05, 0.1) is 23.8 Å². The minimum absolute atomic E-state index is 0.0289. The highest BCUT2D eigenvalue weighted by atomic mass is 19.4. The Hall–Kier alpha value is -2.58. The summed E-state index contributed by atoms with van der Waals surface area (Å²) in [6.45, 7) is 5.75. The number of benzene rings is 2. The number of piperidine rings is 1. The first-order valence-electron chi connectivity index (χ1n) is 11.3. The highest BCUT2D eigenvalue weighted by Crippen LogP contribution is 2.36. The van der Waals surface area contributed by atoms with Crippen molar-refractivity contribution in [1.82, 2.24) is 15.5 Å². The number of nitrogens with one attached hydrogen (secondary N) is 2. The lowest BCUT2D eigenvalue weighted by atomic mass is 9.81. The first-order chi connectivity index (χ1) is 15.7. The fraction of sp³-hybridized carbons (Fsp3) is 0.480. The van der Waals surface area contributed by atoms with E-state index in [-0.39, 0.29) is 12.1 Å². The highest BCUT2D eigenvalue weighted by Gasteiger charge is 2.40. The van der Waals surface area contributed by atoms with Crippen LogP contribution in [0.2, 0.25) is 0 Å². The van der Waals surface area contributed by atoms with Gasteiger partial charge in [-0.25, -0.2) is 4.79 Å². The molecule has 0 aromatic heterocycles. The molecule has 2 amide bonds. The lowest BCUT2D eigenvalue weighted by molar-refractivity contribution is -0.137. The van der Waals surface area contributed by atoms with Crippen LogP contribution in [0.15, 0.2) is 48.5 Å². The van der Waals surface area contributed by atoms with E-state index in [2.05, 4.69) is 10.6 Å². The van der Waals surface area contributed by atoms with E-state index < -0.39 is 23.4 Å². The molecule has 0 saturated carbocycles. The van der Waals surface area contributed by atoms with Gasteiger partial charge in [0.25, 0.3) is 0 Å². The summed E-state index contributed by atoms with van der Waals surface area (Å²) in [4.78, 5) is 14.0. The van der Waals surface area contributed by atoms with Crippen LogP contribution < -0.4 is 10.6 Å². The SMILES string of the molecule is Cc1cc([C@@H](C)OCC2(c3ccccc3)CC[C@H](N3CCNC3=O)CN2)cc(C(F)(F)F)c1. The number of carbonyl (C=O) groups excluding carboxylic acids is 1. The predicted molar refractivity (Wildman–Crippen MR) is 120 cm³/mol. The van der Waals surface area contributed by atoms with Crippen molar-refractivity contribution in [3.8, 4) is 0 Å². The van der Waals surface area contributed by atoms with Gasteiger partial charge in [-0.15, -0.1) is 0 Å². The summed E-state index contributed by atoms with van der Waals surface area (Å²) < 4.78 is 46.0. The third-order valence-corrected chi connectivity index (χ3v) is 6.71. The van der Waals surface area contributed by atoms with Gasteiger partial charge < -0.3 is 20.3 Å². The first kappa shape index (κ1) is 23.6. The molecule has 0 aliphatic carbocycles. The summed E-state index contributed by atoms with van der Waals surface area (Å²) in [7, 11) is 0. The van der Waals surface area contributed by atoms with Crippen LogP contribution in [0, 0.1) is 6.92 Å². The number of carbonyl (C=O) groups is 1. The van der Waals surface area contributed by atoms with E-state index in [0.29, 0.717) is 37.4 Å². The van der Waals surface area contributed by atoms with E-state index in [1.807, 2.05) is 35.2 Å². The number of hydrogen-bond acceptors (Lipinski definition) is 3. The molecule has 8 heteroatoms. The van der Waals surface area contributed by atoms with Crippen molar-refractivity contribution >= 4 is 6.03 Å². The molecule has 2 saturated heterocycles. The summed E-state index contributed by atoms with van der Waals surface area (Å²) >= 11 is 0. The molecule has 33 heavy (non-hydrogen) atoms. The van der Waals surface area contributed by atoms with Crippen molar-refractivity contribution in [1.29, 1.82) is 0 Å². The Morgan fingerprint density at radius 2 is 1.97 bits per heavy atom. The Morgan fingerprint density at radius 1 is 1.21 bits per heavy atom. The lowest BCUT2D eigenvalue weighted by Crippen LogP contribution is -2.57. The number of urea groups is 1. The molecular formula is C25H30F3N3O2. The Morgan fingerprint density at radius 3 is 2.58 bits per heavy atom. The molecule has 0 radical (unpaired) electrons. The van der Waals surface area contributed by atoms with Crippen molar-refractivity contribution in [2.45, 2.75) is 50.6 Å². The van der Waals surface area contributed by atoms with Crippen molar-refractivity contribution in [3.63, 3.8) is 0 Å².